The smallest absolute Gasteiger partial charge is 0.416 e. The second-order valence-electron chi connectivity index (χ2n) is 6.96. The minimum atomic E-state index is -5.21. The van der Waals surface area contributed by atoms with Crippen LogP contribution in [0.3, 0.4) is 0 Å². The number of carboxylic acids is 1. The molecule has 1 amide bonds. The largest absolute Gasteiger partial charge is 0.480 e. The third-order valence-corrected chi connectivity index (χ3v) is 5.70. The molecule has 5 nitrogen and oxygen atoms in total. The van der Waals surface area contributed by atoms with Gasteiger partial charge in [0, 0.05) is 11.6 Å². The van der Waals surface area contributed by atoms with Gasteiger partial charge in [-0.15, -0.1) is 0 Å². The van der Waals surface area contributed by atoms with Gasteiger partial charge in [-0.1, -0.05) is 18.3 Å². The van der Waals surface area contributed by atoms with Crippen molar-refractivity contribution in [1.82, 2.24) is 4.57 Å². The molecule has 0 bridgehead atoms. The summed E-state index contributed by atoms with van der Waals surface area (Å²) >= 11 is 0.511. The summed E-state index contributed by atoms with van der Waals surface area (Å²) in [6.45, 7) is 1.42. The number of benzene rings is 2. The van der Waals surface area contributed by atoms with Crippen LogP contribution in [0, 0.1) is 11.6 Å². The van der Waals surface area contributed by atoms with E-state index in [-0.39, 0.29) is 34.8 Å². The second-order valence-corrected chi connectivity index (χ2v) is 7.97. The maximum absolute atomic E-state index is 13.8. The van der Waals surface area contributed by atoms with Crippen LogP contribution >= 0.6 is 11.3 Å². The van der Waals surface area contributed by atoms with Crippen LogP contribution in [-0.4, -0.2) is 21.6 Å². The molecule has 0 saturated heterocycles. The molecule has 1 heterocycles. The molecular weight excluding hydrogens is 500 g/mol. The number of alkyl halides is 6. The third kappa shape index (κ3) is 4.95. The summed E-state index contributed by atoms with van der Waals surface area (Å²) in [6, 6.07) is 0.0917. The summed E-state index contributed by atoms with van der Waals surface area (Å²) in [7, 11) is 0. The quantitative estimate of drug-likeness (QED) is 0.450. The first-order valence-electron chi connectivity index (χ1n) is 9.25. The zero-order chi connectivity index (χ0) is 25.6. The number of hydrogen-bond acceptors (Lipinski definition) is 3. The summed E-state index contributed by atoms with van der Waals surface area (Å²) in [6.07, 6.45) is -10.5. The van der Waals surface area contributed by atoms with Crippen molar-refractivity contribution in [2.75, 3.05) is 0 Å². The monoisotopic (exact) mass is 512 g/mol. The number of fused-ring (bicyclic) bond motifs is 1. The molecule has 1 N–H and O–H groups in total. The van der Waals surface area contributed by atoms with Crippen molar-refractivity contribution < 1.29 is 49.8 Å². The summed E-state index contributed by atoms with van der Waals surface area (Å²) in [5, 5.41) is 9.50. The van der Waals surface area contributed by atoms with Crippen molar-refractivity contribution in [2.24, 2.45) is 4.99 Å². The molecule has 1 atom stereocenters. The number of aliphatic carboxylic acids is 1. The van der Waals surface area contributed by atoms with Crippen molar-refractivity contribution in [3.63, 3.8) is 0 Å². The number of carbonyl (C=O) groups excluding carboxylic acids is 1. The molecule has 0 saturated carbocycles. The lowest BCUT2D eigenvalue weighted by molar-refractivity contribution is -0.143. The molecule has 2 aromatic carbocycles. The van der Waals surface area contributed by atoms with E-state index in [2.05, 4.69) is 4.99 Å². The average molecular weight is 512 g/mol. The highest BCUT2D eigenvalue weighted by Gasteiger charge is 2.37. The molecule has 3 aromatic rings. The number of aromatic nitrogens is 1. The Labute approximate surface area is 188 Å². The highest BCUT2D eigenvalue weighted by Crippen LogP contribution is 2.36. The van der Waals surface area contributed by atoms with Gasteiger partial charge in [0.25, 0.3) is 5.91 Å². The van der Waals surface area contributed by atoms with Crippen molar-refractivity contribution in [3.05, 3.63) is 63.5 Å². The van der Waals surface area contributed by atoms with Gasteiger partial charge in [-0.05, 0) is 30.7 Å². The van der Waals surface area contributed by atoms with Crippen molar-refractivity contribution in [3.8, 4) is 0 Å². The van der Waals surface area contributed by atoms with Gasteiger partial charge in [0.15, 0.2) is 16.4 Å². The third-order valence-electron chi connectivity index (χ3n) is 4.68. The van der Waals surface area contributed by atoms with E-state index in [1.54, 1.807) is 0 Å². The molecule has 0 spiro atoms. The molecule has 14 heteroatoms. The van der Waals surface area contributed by atoms with E-state index in [1.165, 1.54) is 6.92 Å². The van der Waals surface area contributed by atoms with E-state index in [0.717, 1.165) is 4.57 Å². The zero-order valence-electron chi connectivity index (χ0n) is 16.8. The van der Waals surface area contributed by atoms with E-state index >= 15 is 0 Å². The normalized spacial score (nSPS) is 14.0. The molecular formula is C20H12F8N2O3S. The number of carbonyl (C=O) groups is 2. The number of nitrogens with zero attached hydrogens (tertiary/aromatic N) is 2. The van der Waals surface area contributed by atoms with Crippen molar-refractivity contribution >= 4 is 33.4 Å². The van der Waals surface area contributed by atoms with E-state index < -0.39 is 63.4 Å². The maximum atomic E-state index is 13.8. The van der Waals surface area contributed by atoms with Crippen LogP contribution in [0.2, 0.25) is 0 Å². The Kier molecular flexibility index (Phi) is 6.57. The molecule has 0 aliphatic heterocycles. The Balaban J connectivity index is 2.29. The number of hydrogen-bond donors (Lipinski definition) is 1. The molecule has 0 fully saturated rings. The lowest BCUT2D eigenvalue weighted by Gasteiger charge is -2.14. The molecule has 1 unspecified atom stereocenters. The molecule has 0 aliphatic carbocycles. The van der Waals surface area contributed by atoms with Crippen LogP contribution < -0.4 is 4.80 Å². The lowest BCUT2D eigenvalue weighted by Crippen LogP contribution is -2.27. The van der Waals surface area contributed by atoms with E-state index in [9.17, 15) is 49.8 Å². The first kappa shape index (κ1) is 25.3. The van der Waals surface area contributed by atoms with E-state index in [0.29, 0.717) is 23.5 Å². The predicted octanol–water partition coefficient (Wildman–Crippen LogP) is 5.80. The predicted molar refractivity (Wildman–Crippen MR) is 103 cm³/mol. The Bertz CT molecular complexity index is 1320. The summed E-state index contributed by atoms with van der Waals surface area (Å²) in [5.74, 6) is -5.63. The molecule has 3 rings (SSSR count). The molecule has 0 radical (unpaired) electrons. The highest BCUT2D eigenvalue weighted by molar-refractivity contribution is 7.16. The number of halogens is 8. The van der Waals surface area contributed by atoms with Gasteiger partial charge in [-0.25, -0.2) is 13.6 Å². The van der Waals surface area contributed by atoms with Crippen molar-refractivity contribution in [2.45, 2.75) is 31.7 Å². The Morgan fingerprint density at radius 2 is 1.50 bits per heavy atom. The number of thiazole rings is 1. The molecule has 1 aromatic heterocycles. The molecule has 34 heavy (non-hydrogen) atoms. The van der Waals surface area contributed by atoms with Gasteiger partial charge in [-0.2, -0.15) is 31.3 Å². The Morgan fingerprint density at radius 1 is 0.971 bits per heavy atom. The number of carboxylic acid groups (broad SMARTS) is 1. The maximum Gasteiger partial charge on any atom is 0.416 e. The van der Waals surface area contributed by atoms with Crippen LogP contribution in [0.4, 0.5) is 35.1 Å². The van der Waals surface area contributed by atoms with Gasteiger partial charge in [0.1, 0.15) is 6.04 Å². The Hall–Kier alpha value is -3.29. The van der Waals surface area contributed by atoms with Crippen LogP contribution in [0.15, 0.2) is 35.3 Å². The molecule has 182 valence electrons. The van der Waals surface area contributed by atoms with Gasteiger partial charge in [0.05, 0.1) is 21.3 Å². The highest BCUT2D eigenvalue weighted by atomic mass is 32.1. The van der Waals surface area contributed by atoms with Crippen LogP contribution in [0.5, 0.6) is 0 Å². The number of rotatable bonds is 4. The summed E-state index contributed by atoms with van der Waals surface area (Å²) < 4.78 is 107. The van der Waals surface area contributed by atoms with Crippen LogP contribution in [-0.2, 0) is 17.1 Å². The zero-order valence-corrected chi connectivity index (χ0v) is 17.6. The fourth-order valence-corrected chi connectivity index (χ4v) is 4.19. The fraction of sp³-hybridized carbons (Fsp3) is 0.250. The average Bonchev–Trinajstić information content (AvgIpc) is 3.03. The van der Waals surface area contributed by atoms with E-state index in [1.807, 2.05) is 0 Å². The van der Waals surface area contributed by atoms with Gasteiger partial charge in [-0.3, -0.25) is 4.79 Å². The first-order chi connectivity index (χ1) is 15.6. The van der Waals surface area contributed by atoms with Gasteiger partial charge in [0.2, 0.25) is 0 Å². The topological polar surface area (TPSA) is 71.7 Å². The minimum absolute atomic E-state index is 0.0508. The standard InChI is InChI=1S/C20H12F8N2O3S/c1-2-13(17(32)33)30-14-6-11(21)12(22)7-15(14)34-18(30)29-16(31)8-3-9(19(23,24)25)5-10(4-8)20(26,27)28/h3-7,13H,2H2,1H3,(H,32,33). The van der Waals surface area contributed by atoms with E-state index in [4.69, 9.17) is 0 Å². The Morgan fingerprint density at radius 3 is 1.97 bits per heavy atom. The second kappa shape index (κ2) is 8.81. The van der Waals surface area contributed by atoms with Crippen LogP contribution in [0.1, 0.15) is 40.9 Å². The van der Waals surface area contributed by atoms with Crippen molar-refractivity contribution in [1.29, 1.82) is 0 Å². The fourth-order valence-electron chi connectivity index (χ4n) is 3.11. The van der Waals surface area contributed by atoms with Gasteiger partial charge < -0.3 is 9.67 Å². The number of amides is 1. The van der Waals surface area contributed by atoms with Gasteiger partial charge >= 0.3 is 18.3 Å². The lowest BCUT2D eigenvalue weighted by atomic mass is 10.0. The molecule has 0 aliphatic rings. The first-order valence-corrected chi connectivity index (χ1v) is 10.1. The van der Waals surface area contributed by atoms with Crippen LogP contribution in [0.25, 0.3) is 10.2 Å². The summed E-state index contributed by atoms with van der Waals surface area (Å²) in [5.41, 5.74) is -4.73. The minimum Gasteiger partial charge on any atom is -0.480 e. The summed E-state index contributed by atoms with van der Waals surface area (Å²) in [4.78, 5) is 27.3. The SMILES string of the molecule is CCC(C(=O)O)n1c(=NC(=O)c2cc(C(F)(F)F)cc(C(F)(F)F)c2)sc2cc(F)c(F)cc21.